The second-order valence-electron chi connectivity index (χ2n) is 4.88. The molecule has 3 rings (SSSR count). The van der Waals surface area contributed by atoms with Gasteiger partial charge in [0.05, 0.1) is 6.10 Å². The van der Waals surface area contributed by atoms with Crippen molar-refractivity contribution in [2.24, 2.45) is 0 Å². The van der Waals surface area contributed by atoms with E-state index in [1.807, 2.05) is 12.1 Å². The summed E-state index contributed by atoms with van der Waals surface area (Å²) in [5, 5.41) is 10.4. The number of aryl methyl sites for hydroxylation is 1. The van der Waals surface area contributed by atoms with Crippen LogP contribution in [0.2, 0.25) is 0 Å². The Morgan fingerprint density at radius 3 is 2.67 bits per heavy atom. The maximum absolute atomic E-state index is 10.4. The average Bonchev–Trinajstić information content (AvgIpc) is 2.37. The summed E-state index contributed by atoms with van der Waals surface area (Å²) in [5.41, 5.74) is 5.73. The number of aliphatic hydroxyl groups excluding tert-OH is 1. The zero-order valence-corrected chi connectivity index (χ0v) is 10.4. The summed E-state index contributed by atoms with van der Waals surface area (Å²) >= 11 is 0. The van der Waals surface area contributed by atoms with Crippen LogP contribution in [0.3, 0.4) is 0 Å². The van der Waals surface area contributed by atoms with Crippen LogP contribution in [0.25, 0.3) is 12.2 Å². The van der Waals surface area contributed by atoms with Crippen molar-refractivity contribution in [3.8, 4) is 0 Å². The van der Waals surface area contributed by atoms with Crippen LogP contribution >= 0.6 is 0 Å². The van der Waals surface area contributed by atoms with Gasteiger partial charge in [0, 0.05) is 6.42 Å². The van der Waals surface area contributed by atoms with Gasteiger partial charge in [0.2, 0.25) is 0 Å². The van der Waals surface area contributed by atoms with Crippen molar-refractivity contribution in [3.63, 3.8) is 0 Å². The molecule has 0 aromatic heterocycles. The molecule has 1 nitrogen and oxygen atoms in total. The summed E-state index contributed by atoms with van der Waals surface area (Å²) in [7, 11) is 0. The third-order valence-electron chi connectivity index (χ3n) is 3.51. The Labute approximate surface area is 107 Å². The summed E-state index contributed by atoms with van der Waals surface area (Å²) in [6, 6.07) is 14.5. The quantitative estimate of drug-likeness (QED) is 0.738. The predicted octanol–water partition coefficient (Wildman–Crippen LogP) is 3.75. The Morgan fingerprint density at radius 2 is 1.78 bits per heavy atom. The lowest BCUT2D eigenvalue weighted by Gasteiger charge is -2.18. The molecular formula is C17H16O. The number of hydrogen-bond donors (Lipinski definition) is 1. The van der Waals surface area contributed by atoms with Gasteiger partial charge in [0.15, 0.2) is 0 Å². The zero-order valence-electron chi connectivity index (χ0n) is 10.4. The zero-order chi connectivity index (χ0) is 12.5. The molecular weight excluding hydrogens is 220 g/mol. The molecule has 0 radical (unpaired) electrons. The minimum absolute atomic E-state index is 0.425. The molecule has 2 aromatic carbocycles. The molecule has 1 atom stereocenters. The van der Waals surface area contributed by atoms with Gasteiger partial charge in [-0.1, -0.05) is 60.2 Å². The van der Waals surface area contributed by atoms with Crippen LogP contribution in [-0.4, -0.2) is 5.11 Å². The van der Waals surface area contributed by atoms with E-state index < -0.39 is 6.10 Å². The van der Waals surface area contributed by atoms with Gasteiger partial charge in [-0.2, -0.15) is 0 Å². The van der Waals surface area contributed by atoms with Crippen LogP contribution in [0.5, 0.6) is 0 Å². The van der Waals surface area contributed by atoms with E-state index >= 15 is 0 Å². The minimum Gasteiger partial charge on any atom is -0.388 e. The van der Waals surface area contributed by atoms with Crippen molar-refractivity contribution < 1.29 is 5.11 Å². The van der Waals surface area contributed by atoms with Gasteiger partial charge in [-0.25, -0.2) is 0 Å². The van der Waals surface area contributed by atoms with E-state index in [-0.39, 0.29) is 0 Å². The van der Waals surface area contributed by atoms with Gasteiger partial charge in [-0.05, 0) is 29.2 Å². The molecule has 0 spiro atoms. The van der Waals surface area contributed by atoms with Gasteiger partial charge in [0.25, 0.3) is 0 Å². The maximum atomic E-state index is 10.4. The lowest BCUT2D eigenvalue weighted by molar-refractivity contribution is 0.178. The van der Waals surface area contributed by atoms with Crippen LogP contribution in [-0.2, 0) is 6.42 Å². The maximum Gasteiger partial charge on any atom is 0.0836 e. The van der Waals surface area contributed by atoms with E-state index in [0.29, 0.717) is 6.42 Å². The highest BCUT2D eigenvalue weighted by atomic mass is 16.3. The first-order valence-corrected chi connectivity index (χ1v) is 6.28. The molecule has 0 fully saturated rings. The summed E-state index contributed by atoms with van der Waals surface area (Å²) in [4.78, 5) is 0. The summed E-state index contributed by atoms with van der Waals surface area (Å²) in [6.45, 7) is 2.06. The van der Waals surface area contributed by atoms with Gasteiger partial charge < -0.3 is 5.11 Å². The first kappa shape index (κ1) is 11.2. The van der Waals surface area contributed by atoms with E-state index in [9.17, 15) is 5.11 Å². The van der Waals surface area contributed by atoms with Crippen molar-refractivity contribution >= 4 is 12.2 Å². The molecule has 90 valence electrons. The van der Waals surface area contributed by atoms with Gasteiger partial charge in [-0.15, -0.1) is 0 Å². The molecule has 1 N–H and O–H groups in total. The number of benzene rings is 2. The second kappa shape index (κ2) is 4.43. The molecule has 1 aliphatic rings. The van der Waals surface area contributed by atoms with Crippen LogP contribution in [0.4, 0.5) is 0 Å². The fourth-order valence-electron chi connectivity index (χ4n) is 2.52. The van der Waals surface area contributed by atoms with E-state index in [0.717, 1.165) is 11.1 Å². The second-order valence-corrected chi connectivity index (χ2v) is 4.88. The molecule has 1 heteroatoms. The lowest BCUT2D eigenvalue weighted by Crippen LogP contribution is -2.07. The normalized spacial score (nSPS) is 19.3. The SMILES string of the molecule is Cc1ccc2c(c1)C(O)Cc1ccccc1/C=C\2. The highest BCUT2D eigenvalue weighted by Gasteiger charge is 2.15. The molecule has 18 heavy (non-hydrogen) atoms. The molecule has 0 heterocycles. The van der Waals surface area contributed by atoms with E-state index in [1.165, 1.54) is 16.7 Å². The van der Waals surface area contributed by atoms with Crippen molar-refractivity contribution in [3.05, 3.63) is 70.3 Å². The summed E-state index contributed by atoms with van der Waals surface area (Å²) < 4.78 is 0. The van der Waals surface area contributed by atoms with Gasteiger partial charge in [-0.3, -0.25) is 0 Å². The number of hydrogen-bond acceptors (Lipinski definition) is 1. The van der Waals surface area contributed by atoms with E-state index in [4.69, 9.17) is 0 Å². The molecule has 2 aromatic rings. The highest BCUT2D eigenvalue weighted by Crippen LogP contribution is 2.29. The first-order chi connectivity index (χ1) is 8.74. The van der Waals surface area contributed by atoms with Gasteiger partial charge >= 0.3 is 0 Å². The van der Waals surface area contributed by atoms with Crippen LogP contribution in [0, 0.1) is 6.92 Å². The molecule has 0 aliphatic heterocycles. The minimum atomic E-state index is -0.425. The molecule has 0 saturated heterocycles. The van der Waals surface area contributed by atoms with Crippen molar-refractivity contribution in [1.82, 2.24) is 0 Å². The smallest absolute Gasteiger partial charge is 0.0836 e. The molecule has 0 bridgehead atoms. The summed E-state index contributed by atoms with van der Waals surface area (Å²) in [6.07, 6.45) is 4.48. The Morgan fingerprint density at radius 1 is 1.00 bits per heavy atom. The van der Waals surface area contributed by atoms with Crippen LogP contribution in [0.1, 0.15) is 33.9 Å². The molecule has 1 aliphatic carbocycles. The molecule has 0 saturated carbocycles. The highest BCUT2D eigenvalue weighted by molar-refractivity contribution is 5.74. The average molecular weight is 236 g/mol. The van der Waals surface area contributed by atoms with Crippen LogP contribution < -0.4 is 0 Å². The predicted molar refractivity (Wildman–Crippen MR) is 75.2 cm³/mol. The number of aliphatic hydroxyl groups is 1. The number of rotatable bonds is 0. The van der Waals surface area contributed by atoms with Crippen molar-refractivity contribution in [2.45, 2.75) is 19.4 Å². The third kappa shape index (κ3) is 1.98. The first-order valence-electron chi connectivity index (χ1n) is 6.28. The topological polar surface area (TPSA) is 20.2 Å². The Kier molecular flexibility index (Phi) is 2.77. The standard InChI is InChI=1S/C17H16O/c1-12-6-7-14-9-8-13-4-2-3-5-15(13)11-17(18)16(14)10-12/h2-10,17-18H,11H2,1H3/b9-8-. The monoisotopic (exact) mass is 236 g/mol. The fraction of sp³-hybridized carbons (Fsp3) is 0.176. The Bertz CT molecular complexity index is 611. The Balaban J connectivity index is 2.16. The van der Waals surface area contributed by atoms with E-state index in [2.05, 4.69) is 49.4 Å². The van der Waals surface area contributed by atoms with Crippen molar-refractivity contribution in [2.75, 3.05) is 0 Å². The fourth-order valence-corrected chi connectivity index (χ4v) is 2.52. The third-order valence-corrected chi connectivity index (χ3v) is 3.51. The molecule has 1 unspecified atom stereocenters. The Hall–Kier alpha value is -1.86. The lowest BCUT2D eigenvalue weighted by atomic mass is 9.90. The number of fused-ring (bicyclic) bond motifs is 2. The van der Waals surface area contributed by atoms with Gasteiger partial charge in [0.1, 0.15) is 0 Å². The summed E-state index contributed by atoms with van der Waals surface area (Å²) in [5.74, 6) is 0. The largest absolute Gasteiger partial charge is 0.388 e. The molecule has 0 amide bonds. The van der Waals surface area contributed by atoms with Crippen molar-refractivity contribution in [1.29, 1.82) is 0 Å². The van der Waals surface area contributed by atoms with Crippen LogP contribution in [0.15, 0.2) is 42.5 Å². The van der Waals surface area contributed by atoms with E-state index in [1.54, 1.807) is 0 Å².